The number of aromatic amines is 1. The monoisotopic (exact) mass is 283 g/mol. The van der Waals surface area contributed by atoms with E-state index in [1.54, 1.807) is 36.4 Å². The Labute approximate surface area is 119 Å². The summed E-state index contributed by atoms with van der Waals surface area (Å²) in [5, 5.41) is 2.75. The highest BCUT2D eigenvalue weighted by Crippen LogP contribution is 2.18. The molecule has 6 nitrogen and oxygen atoms in total. The quantitative estimate of drug-likeness (QED) is 0.628. The fourth-order valence-electron chi connectivity index (χ4n) is 2.01. The summed E-state index contributed by atoms with van der Waals surface area (Å²) in [5.41, 5.74) is 9.29. The lowest BCUT2D eigenvalue weighted by atomic mass is 10.1. The Morgan fingerprint density at radius 3 is 2.81 bits per heavy atom. The number of amides is 1. The number of hydrogen-bond donors (Lipinski definition) is 3. The number of nitrogen functional groups attached to an aromatic ring is 1. The molecule has 106 valence electrons. The van der Waals surface area contributed by atoms with Gasteiger partial charge in [0.1, 0.15) is 0 Å². The highest BCUT2D eigenvalue weighted by atomic mass is 16.4. The number of hydrogen-bond acceptors (Lipinski definition) is 4. The Bertz CT molecular complexity index is 893. The van der Waals surface area contributed by atoms with Gasteiger partial charge in [0, 0.05) is 16.9 Å². The predicted molar refractivity (Wildman–Crippen MR) is 80.4 cm³/mol. The van der Waals surface area contributed by atoms with Gasteiger partial charge >= 0.3 is 5.76 Å². The summed E-state index contributed by atoms with van der Waals surface area (Å²) in [6, 6.07) is 10.0. The highest BCUT2D eigenvalue weighted by Gasteiger charge is 2.09. The van der Waals surface area contributed by atoms with Gasteiger partial charge in [-0.2, -0.15) is 0 Å². The number of anilines is 2. The molecule has 0 fully saturated rings. The molecule has 0 saturated heterocycles. The smallest absolute Gasteiger partial charge is 0.408 e. The first-order valence-electron chi connectivity index (χ1n) is 6.33. The van der Waals surface area contributed by atoms with Gasteiger partial charge in [-0.15, -0.1) is 0 Å². The van der Waals surface area contributed by atoms with E-state index in [0.29, 0.717) is 28.0 Å². The van der Waals surface area contributed by atoms with Gasteiger partial charge in [0.2, 0.25) is 0 Å². The number of carbonyl (C=O) groups excluding carboxylic acids is 1. The molecule has 0 bridgehead atoms. The first-order valence-corrected chi connectivity index (χ1v) is 6.33. The third kappa shape index (κ3) is 2.51. The minimum absolute atomic E-state index is 0.271. The van der Waals surface area contributed by atoms with Crippen molar-refractivity contribution in [1.82, 2.24) is 4.98 Å². The number of fused-ring (bicyclic) bond motifs is 1. The Morgan fingerprint density at radius 1 is 1.24 bits per heavy atom. The molecule has 4 N–H and O–H groups in total. The molecule has 3 aromatic rings. The van der Waals surface area contributed by atoms with Crippen LogP contribution < -0.4 is 16.8 Å². The number of benzene rings is 2. The van der Waals surface area contributed by atoms with Crippen LogP contribution in [0, 0.1) is 6.92 Å². The summed E-state index contributed by atoms with van der Waals surface area (Å²) in [5.74, 6) is -0.799. The summed E-state index contributed by atoms with van der Waals surface area (Å²) < 4.78 is 4.90. The summed E-state index contributed by atoms with van der Waals surface area (Å²) in [6.45, 7) is 1.88. The fraction of sp³-hybridized carbons (Fsp3) is 0.0667. The van der Waals surface area contributed by atoms with Crippen molar-refractivity contribution in [3.63, 3.8) is 0 Å². The molecule has 0 saturated carbocycles. The van der Waals surface area contributed by atoms with Crippen molar-refractivity contribution in [2.75, 3.05) is 11.1 Å². The molecular formula is C15H13N3O3. The number of aryl methyl sites for hydroxylation is 1. The van der Waals surface area contributed by atoms with Crippen molar-refractivity contribution in [1.29, 1.82) is 0 Å². The number of carbonyl (C=O) groups is 1. The molecule has 1 aromatic heterocycles. The van der Waals surface area contributed by atoms with Crippen LogP contribution in [0.1, 0.15) is 15.9 Å². The van der Waals surface area contributed by atoms with Crippen LogP contribution in [0.5, 0.6) is 0 Å². The van der Waals surface area contributed by atoms with Gasteiger partial charge in [-0.05, 0) is 42.8 Å². The number of rotatable bonds is 2. The standard InChI is InChI=1S/C15H13N3O3/c1-8-2-3-9(6-11(8)16)14(19)17-10-4-5-13-12(7-10)18-15(20)21-13/h2-7H,16H2,1H3,(H,17,19)(H,18,20). The molecule has 0 radical (unpaired) electrons. The first kappa shape index (κ1) is 13.0. The van der Waals surface area contributed by atoms with E-state index in [1.807, 2.05) is 6.92 Å². The van der Waals surface area contributed by atoms with Crippen LogP contribution in [0.25, 0.3) is 11.1 Å². The number of nitrogens with one attached hydrogen (secondary N) is 2. The zero-order valence-corrected chi connectivity index (χ0v) is 11.3. The zero-order valence-electron chi connectivity index (χ0n) is 11.3. The Morgan fingerprint density at radius 2 is 2.05 bits per heavy atom. The molecule has 0 spiro atoms. The molecule has 0 unspecified atom stereocenters. The van der Waals surface area contributed by atoms with E-state index in [9.17, 15) is 9.59 Å². The lowest BCUT2D eigenvalue weighted by Gasteiger charge is -2.07. The van der Waals surface area contributed by atoms with Crippen LogP contribution in [0.4, 0.5) is 11.4 Å². The van der Waals surface area contributed by atoms with Gasteiger partial charge in [0.25, 0.3) is 5.91 Å². The Hall–Kier alpha value is -3.02. The van der Waals surface area contributed by atoms with Gasteiger partial charge in [-0.1, -0.05) is 6.07 Å². The molecule has 0 aliphatic carbocycles. The average Bonchev–Trinajstić information content (AvgIpc) is 2.81. The van der Waals surface area contributed by atoms with E-state index >= 15 is 0 Å². The second-order valence-electron chi connectivity index (χ2n) is 4.75. The molecule has 0 atom stereocenters. The summed E-state index contributed by atoms with van der Waals surface area (Å²) in [6.07, 6.45) is 0. The maximum Gasteiger partial charge on any atom is 0.417 e. The second kappa shape index (κ2) is 4.82. The third-order valence-electron chi connectivity index (χ3n) is 3.22. The van der Waals surface area contributed by atoms with Gasteiger partial charge in [0.05, 0.1) is 5.52 Å². The van der Waals surface area contributed by atoms with Gasteiger partial charge in [0.15, 0.2) is 5.58 Å². The van der Waals surface area contributed by atoms with Crippen LogP contribution in [0.15, 0.2) is 45.6 Å². The van der Waals surface area contributed by atoms with Crippen molar-refractivity contribution in [3.05, 3.63) is 58.1 Å². The highest BCUT2D eigenvalue weighted by molar-refractivity contribution is 6.05. The molecule has 21 heavy (non-hydrogen) atoms. The average molecular weight is 283 g/mol. The van der Waals surface area contributed by atoms with Crippen LogP contribution in [-0.4, -0.2) is 10.9 Å². The second-order valence-corrected chi connectivity index (χ2v) is 4.75. The van der Waals surface area contributed by atoms with Gasteiger partial charge in [-0.3, -0.25) is 9.78 Å². The minimum atomic E-state index is -0.528. The van der Waals surface area contributed by atoms with Crippen LogP contribution in [0.3, 0.4) is 0 Å². The molecule has 0 aliphatic rings. The van der Waals surface area contributed by atoms with Crippen molar-refractivity contribution in [2.45, 2.75) is 6.92 Å². The normalized spacial score (nSPS) is 10.7. The Balaban J connectivity index is 1.88. The van der Waals surface area contributed by atoms with Crippen LogP contribution in [-0.2, 0) is 0 Å². The van der Waals surface area contributed by atoms with Gasteiger partial charge in [-0.25, -0.2) is 4.79 Å². The number of oxazole rings is 1. The van der Waals surface area contributed by atoms with Crippen molar-refractivity contribution < 1.29 is 9.21 Å². The SMILES string of the molecule is Cc1ccc(C(=O)Nc2ccc3oc(=O)[nH]c3c2)cc1N. The predicted octanol–water partition coefficient (Wildman–Crippen LogP) is 2.26. The zero-order chi connectivity index (χ0) is 15.0. The van der Waals surface area contributed by atoms with E-state index in [1.165, 1.54) is 0 Å². The molecule has 2 aromatic carbocycles. The summed E-state index contributed by atoms with van der Waals surface area (Å²) in [7, 11) is 0. The molecular weight excluding hydrogens is 270 g/mol. The van der Waals surface area contributed by atoms with E-state index in [0.717, 1.165) is 5.56 Å². The van der Waals surface area contributed by atoms with Crippen molar-refractivity contribution >= 4 is 28.4 Å². The fourth-order valence-corrected chi connectivity index (χ4v) is 2.01. The minimum Gasteiger partial charge on any atom is -0.408 e. The molecule has 6 heteroatoms. The van der Waals surface area contributed by atoms with Crippen molar-refractivity contribution in [2.24, 2.45) is 0 Å². The van der Waals surface area contributed by atoms with E-state index in [4.69, 9.17) is 10.2 Å². The van der Waals surface area contributed by atoms with Crippen LogP contribution >= 0.6 is 0 Å². The molecule has 3 rings (SSSR count). The van der Waals surface area contributed by atoms with E-state index in [2.05, 4.69) is 10.3 Å². The lowest BCUT2D eigenvalue weighted by Crippen LogP contribution is -2.12. The van der Waals surface area contributed by atoms with Crippen LogP contribution in [0.2, 0.25) is 0 Å². The molecule has 1 amide bonds. The van der Waals surface area contributed by atoms with E-state index in [-0.39, 0.29) is 5.91 Å². The van der Waals surface area contributed by atoms with Crippen molar-refractivity contribution in [3.8, 4) is 0 Å². The third-order valence-corrected chi connectivity index (χ3v) is 3.22. The van der Waals surface area contributed by atoms with Gasteiger partial charge < -0.3 is 15.5 Å². The number of H-pyrrole nitrogens is 1. The lowest BCUT2D eigenvalue weighted by molar-refractivity contribution is 0.102. The topological polar surface area (TPSA) is 101 Å². The summed E-state index contributed by atoms with van der Waals surface area (Å²) in [4.78, 5) is 25.8. The molecule has 0 aliphatic heterocycles. The summed E-state index contributed by atoms with van der Waals surface area (Å²) >= 11 is 0. The maximum absolute atomic E-state index is 12.2. The largest absolute Gasteiger partial charge is 0.417 e. The first-order chi connectivity index (χ1) is 10.0. The number of aromatic nitrogens is 1. The van der Waals surface area contributed by atoms with E-state index < -0.39 is 5.76 Å². The maximum atomic E-state index is 12.2. The molecule has 1 heterocycles. The number of nitrogens with two attached hydrogens (primary N) is 1. The Kier molecular flexibility index (Phi) is 2.98.